The van der Waals surface area contributed by atoms with Crippen molar-refractivity contribution >= 4 is 33.6 Å². The van der Waals surface area contributed by atoms with Crippen LogP contribution in [0.1, 0.15) is 56.5 Å². The van der Waals surface area contributed by atoms with Gasteiger partial charge in [0, 0.05) is 19.0 Å². The highest BCUT2D eigenvalue weighted by atomic mass is 32.2. The van der Waals surface area contributed by atoms with Crippen LogP contribution in [0.2, 0.25) is 0 Å². The van der Waals surface area contributed by atoms with E-state index in [-0.39, 0.29) is 18.3 Å². The summed E-state index contributed by atoms with van der Waals surface area (Å²) in [6.45, 7) is 9.40. The molecule has 0 saturated carbocycles. The van der Waals surface area contributed by atoms with E-state index in [9.17, 15) is 23.4 Å². The van der Waals surface area contributed by atoms with Gasteiger partial charge in [0.15, 0.2) is 0 Å². The molecule has 0 spiro atoms. The summed E-state index contributed by atoms with van der Waals surface area (Å²) in [7, 11) is -2.20. The van der Waals surface area contributed by atoms with Crippen molar-refractivity contribution in [3.8, 4) is 0 Å². The van der Waals surface area contributed by atoms with Crippen LogP contribution in [0.3, 0.4) is 0 Å². The number of aliphatic hydroxyl groups is 2. The number of aliphatic carboxylic acids is 1. The van der Waals surface area contributed by atoms with Crippen molar-refractivity contribution in [2.24, 2.45) is 0 Å². The Morgan fingerprint density at radius 3 is 2.31 bits per heavy atom. The minimum atomic E-state index is -3.56. The molecule has 0 unspecified atom stereocenters. The molecule has 0 aliphatic rings. The molecule has 1 heterocycles. The van der Waals surface area contributed by atoms with E-state index >= 15 is 0 Å². The van der Waals surface area contributed by atoms with E-state index in [0.29, 0.717) is 22.5 Å². The Bertz CT molecular complexity index is 895. The van der Waals surface area contributed by atoms with Crippen LogP contribution in [0, 0.1) is 0 Å². The van der Waals surface area contributed by atoms with E-state index in [1.807, 2.05) is 13.8 Å². The van der Waals surface area contributed by atoms with E-state index in [2.05, 4.69) is 16.5 Å². The third kappa shape index (κ3) is 7.22. The van der Waals surface area contributed by atoms with Crippen molar-refractivity contribution in [3.63, 3.8) is 0 Å². The number of rotatable bonds is 10. The fourth-order valence-electron chi connectivity index (χ4n) is 2.54. The predicted octanol–water partition coefficient (Wildman–Crippen LogP) is 1.63. The fraction of sp³-hybridized carbons (Fsp3) is 0.526. The van der Waals surface area contributed by atoms with E-state index in [4.69, 9.17) is 5.11 Å². The number of anilines is 1. The number of nitrogens with zero attached hydrogens (tertiary/aromatic N) is 3. The summed E-state index contributed by atoms with van der Waals surface area (Å²) in [5.41, 5.74) is 2.16. The van der Waals surface area contributed by atoms with Gasteiger partial charge in [-0.1, -0.05) is 32.6 Å². The number of aliphatic hydroxyl groups excluding tert-OH is 2. The molecule has 0 aliphatic carbocycles. The minimum Gasteiger partial charge on any atom is -0.481 e. The van der Waals surface area contributed by atoms with Crippen LogP contribution in [-0.4, -0.2) is 65.2 Å². The van der Waals surface area contributed by atoms with Crippen molar-refractivity contribution in [2.45, 2.75) is 51.7 Å². The van der Waals surface area contributed by atoms with Crippen LogP contribution in [-0.2, 0) is 14.8 Å². The van der Waals surface area contributed by atoms with Crippen LogP contribution in [0.15, 0.2) is 12.7 Å². The summed E-state index contributed by atoms with van der Waals surface area (Å²) < 4.78 is 24.8. The average molecular weight is 428 g/mol. The third-order valence-corrected chi connectivity index (χ3v) is 5.26. The summed E-state index contributed by atoms with van der Waals surface area (Å²) in [6.07, 6.45) is 1.19. The van der Waals surface area contributed by atoms with Crippen molar-refractivity contribution in [1.29, 1.82) is 0 Å². The summed E-state index contributed by atoms with van der Waals surface area (Å²) in [5.74, 6) is -1.22. The van der Waals surface area contributed by atoms with E-state index in [1.54, 1.807) is 13.0 Å². The van der Waals surface area contributed by atoms with Gasteiger partial charge in [0.05, 0.1) is 36.3 Å². The van der Waals surface area contributed by atoms with E-state index in [1.165, 1.54) is 13.1 Å². The van der Waals surface area contributed by atoms with Crippen molar-refractivity contribution < 1.29 is 28.5 Å². The summed E-state index contributed by atoms with van der Waals surface area (Å²) in [4.78, 5) is 19.4. The zero-order valence-electron chi connectivity index (χ0n) is 17.3. The van der Waals surface area contributed by atoms with Gasteiger partial charge in [-0.05, 0) is 18.4 Å². The largest absolute Gasteiger partial charge is 0.481 e. The first kappa shape index (κ1) is 24.7. The van der Waals surface area contributed by atoms with Crippen LogP contribution in [0.5, 0.6) is 0 Å². The number of allylic oxidation sites excluding steroid dienone is 1. The number of sulfonamides is 1. The first-order chi connectivity index (χ1) is 13.2. The summed E-state index contributed by atoms with van der Waals surface area (Å²) in [5, 5.41) is 28.5. The molecule has 162 valence electrons. The zero-order chi connectivity index (χ0) is 22.5. The molecule has 1 aromatic rings. The number of carboxylic acids is 1. The lowest BCUT2D eigenvalue weighted by Gasteiger charge is -2.20. The van der Waals surface area contributed by atoms with Gasteiger partial charge < -0.3 is 15.3 Å². The van der Waals surface area contributed by atoms with E-state index < -0.39 is 34.6 Å². The molecule has 0 amide bonds. The standard InChI is InChI=1S/C19H29N3O6S/c1-11(2)17-15(8-7-13(23)9-14(24)10-16(25)26)18(12(3)4)21-19(20-17)22(5)29(6,27)28/h7-8,12-14,23-24H,1,9-10H2,2-6H3,(H,25,26)/b8-7+/t13-,14-/m1/s1. The SMILES string of the molecule is C=C(C)c1nc(N(C)S(C)(=O)=O)nc(C(C)C)c1/C=C/[C@@H](O)C[C@@H](O)CC(=O)O. The molecule has 9 nitrogen and oxygen atoms in total. The Morgan fingerprint density at radius 2 is 1.86 bits per heavy atom. The maximum Gasteiger partial charge on any atom is 0.305 e. The zero-order valence-corrected chi connectivity index (χ0v) is 18.1. The number of carbonyl (C=O) groups is 1. The van der Waals surface area contributed by atoms with Gasteiger partial charge in [0.25, 0.3) is 0 Å². The third-order valence-electron chi connectivity index (χ3n) is 4.10. The molecular formula is C19H29N3O6S. The second kappa shape index (κ2) is 9.95. The van der Waals surface area contributed by atoms with Gasteiger partial charge in [0.2, 0.25) is 16.0 Å². The van der Waals surface area contributed by atoms with Crippen LogP contribution >= 0.6 is 0 Å². The maximum atomic E-state index is 11.9. The molecule has 1 aromatic heterocycles. The van der Waals surface area contributed by atoms with Crippen LogP contribution in [0.4, 0.5) is 5.95 Å². The van der Waals surface area contributed by atoms with Gasteiger partial charge >= 0.3 is 5.97 Å². The first-order valence-electron chi connectivity index (χ1n) is 9.01. The Hall–Kier alpha value is -2.30. The smallest absolute Gasteiger partial charge is 0.305 e. The van der Waals surface area contributed by atoms with Crippen LogP contribution in [0.25, 0.3) is 11.6 Å². The molecule has 0 aliphatic heterocycles. The normalized spacial score (nSPS) is 14.2. The van der Waals surface area contributed by atoms with Gasteiger partial charge in [-0.15, -0.1) is 0 Å². The molecule has 0 fully saturated rings. The second-order valence-electron chi connectivity index (χ2n) is 7.25. The molecule has 29 heavy (non-hydrogen) atoms. The lowest BCUT2D eigenvalue weighted by Crippen LogP contribution is -2.28. The Morgan fingerprint density at radius 1 is 1.28 bits per heavy atom. The molecule has 0 radical (unpaired) electrons. The van der Waals surface area contributed by atoms with Gasteiger partial charge in [-0.3, -0.25) is 4.79 Å². The topological polar surface area (TPSA) is 141 Å². The molecule has 10 heteroatoms. The molecule has 0 aromatic carbocycles. The highest BCUT2D eigenvalue weighted by Gasteiger charge is 2.22. The van der Waals surface area contributed by atoms with Gasteiger partial charge in [-0.25, -0.2) is 22.7 Å². The monoisotopic (exact) mass is 427 g/mol. The Kier molecular flexibility index (Phi) is 8.49. The average Bonchev–Trinajstić information content (AvgIpc) is 2.56. The first-order valence-corrected chi connectivity index (χ1v) is 10.9. The number of hydrogen-bond donors (Lipinski definition) is 3. The Balaban J connectivity index is 3.38. The number of hydrogen-bond acceptors (Lipinski definition) is 7. The summed E-state index contributed by atoms with van der Waals surface area (Å²) >= 11 is 0. The summed E-state index contributed by atoms with van der Waals surface area (Å²) in [6, 6.07) is 0. The molecule has 0 saturated heterocycles. The lowest BCUT2D eigenvalue weighted by atomic mass is 9.98. The van der Waals surface area contributed by atoms with Gasteiger partial charge in [-0.2, -0.15) is 0 Å². The Labute approximate surface area is 171 Å². The maximum absolute atomic E-state index is 11.9. The van der Waals surface area contributed by atoms with Crippen molar-refractivity contribution in [2.75, 3.05) is 17.6 Å². The highest BCUT2D eigenvalue weighted by Crippen LogP contribution is 2.28. The second-order valence-corrected chi connectivity index (χ2v) is 9.26. The molecule has 0 bridgehead atoms. The predicted molar refractivity (Wildman–Crippen MR) is 112 cm³/mol. The lowest BCUT2D eigenvalue weighted by molar-refractivity contribution is -0.139. The highest BCUT2D eigenvalue weighted by molar-refractivity contribution is 7.92. The molecule has 2 atom stereocenters. The number of aromatic nitrogens is 2. The van der Waals surface area contributed by atoms with E-state index in [0.717, 1.165) is 10.6 Å². The number of carboxylic acid groups (broad SMARTS) is 1. The molecule has 3 N–H and O–H groups in total. The van der Waals surface area contributed by atoms with Crippen LogP contribution < -0.4 is 4.31 Å². The fourth-order valence-corrected chi connectivity index (χ4v) is 2.92. The quantitative estimate of drug-likeness (QED) is 0.512. The van der Waals surface area contributed by atoms with Gasteiger partial charge in [0.1, 0.15) is 0 Å². The molecular weight excluding hydrogens is 398 g/mol. The molecule has 1 rings (SSSR count). The van der Waals surface area contributed by atoms with Crippen molar-refractivity contribution in [1.82, 2.24) is 9.97 Å². The minimum absolute atomic E-state index is 0.0174. The van der Waals surface area contributed by atoms with Crippen molar-refractivity contribution in [3.05, 3.63) is 29.6 Å².